The van der Waals surface area contributed by atoms with Gasteiger partial charge in [0.2, 0.25) is 15.9 Å². The van der Waals surface area contributed by atoms with Gasteiger partial charge in [0.25, 0.3) is 0 Å². The lowest BCUT2D eigenvalue weighted by atomic mass is 10.1. The molecule has 0 fully saturated rings. The van der Waals surface area contributed by atoms with Crippen molar-refractivity contribution in [2.75, 3.05) is 18.4 Å². The van der Waals surface area contributed by atoms with Crippen molar-refractivity contribution >= 4 is 27.6 Å². The molecule has 8 heteroatoms. The summed E-state index contributed by atoms with van der Waals surface area (Å²) in [7, 11) is -3.97. The Labute approximate surface area is 152 Å². The molecule has 2 aromatic rings. The largest absolute Gasteiger partial charge is 0.480 e. The summed E-state index contributed by atoms with van der Waals surface area (Å²) in [5.74, 6) is -1.49. The highest BCUT2D eigenvalue weighted by Crippen LogP contribution is 2.19. The highest BCUT2D eigenvalue weighted by Gasteiger charge is 2.26. The summed E-state index contributed by atoms with van der Waals surface area (Å²) < 4.78 is 26.5. The molecular formula is C18H20N2O5S. The van der Waals surface area contributed by atoms with Crippen molar-refractivity contribution < 1.29 is 23.1 Å². The zero-order valence-electron chi connectivity index (χ0n) is 14.3. The van der Waals surface area contributed by atoms with Gasteiger partial charge in [0.15, 0.2) is 0 Å². The summed E-state index contributed by atoms with van der Waals surface area (Å²) in [6.45, 7) is 0.775. The van der Waals surface area contributed by atoms with Crippen LogP contribution in [0.2, 0.25) is 0 Å². The zero-order valence-corrected chi connectivity index (χ0v) is 15.1. The number of aliphatic carboxylic acids is 1. The predicted octanol–water partition coefficient (Wildman–Crippen LogP) is 1.96. The van der Waals surface area contributed by atoms with Gasteiger partial charge in [-0.05, 0) is 36.2 Å². The lowest BCUT2D eigenvalue weighted by Crippen LogP contribution is -2.37. The third-order valence-electron chi connectivity index (χ3n) is 3.62. The second kappa shape index (κ2) is 8.59. The maximum Gasteiger partial charge on any atom is 0.318 e. The number of carbonyl (C=O) groups excluding carboxylic acids is 1. The Kier molecular flexibility index (Phi) is 6.48. The number of sulfonamides is 1. The van der Waals surface area contributed by atoms with Gasteiger partial charge >= 0.3 is 5.97 Å². The molecule has 138 valence electrons. The minimum absolute atomic E-state index is 0.0269. The fourth-order valence-electron chi connectivity index (χ4n) is 2.40. The number of amides is 1. The molecular weight excluding hydrogens is 356 g/mol. The number of nitrogens with one attached hydrogen (secondary N) is 1. The van der Waals surface area contributed by atoms with Gasteiger partial charge in [0.1, 0.15) is 6.54 Å². The average molecular weight is 376 g/mol. The maximum absolute atomic E-state index is 12.8. The normalized spacial score (nSPS) is 11.3. The fourth-order valence-corrected chi connectivity index (χ4v) is 3.79. The molecule has 0 aliphatic heterocycles. The van der Waals surface area contributed by atoms with Crippen LogP contribution in [0.5, 0.6) is 0 Å². The van der Waals surface area contributed by atoms with Crippen molar-refractivity contribution in [2.45, 2.75) is 18.2 Å². The average Bonchev–Trinajstić information content (AvgIpc) is 2.59. The first-order chi connectivity index (χ1) is 12.3. The van der Waals surface area contributed by atoms with Crippen LogP contribution in [0.1, 0.15) is 12.5 Å². The van der Waals surface area contributed by atoms with Crippen molar-refractivity contribution in [1.82, 2.24) is 4.31 Å². The molecule has 0 atom stereocenters. The third kappa shape index (κ3) is 5.40. The molecule has 0 aliphatic rings. The van der Waals surface area contributed by atoms with E-state index in [0.717, 1.165) is 9.87 Å². The van der Waals surface area contributed by atoms with Crippen LogP contribution in [0.3, 0.4) is 0 Å². The van der Waals surface area contributed by atoms with Crippen LogP contribution in [-0.2, 0) is 26.0 Å². The number of hydrogen-bond donors (Lipinski definition) is 2. The Morgan fingerprint density at radius 3 is 2.19 bits per heavy atom. The van der Waals surface area contributed by atoms with Crippen molar-refractivity contribution in [3.8, 4) is 0 Å². The van der Waals surface area contributed by atoms with Gasteiger partial charge in [-0.1, -0.05) is 30.3 Å². The van der Waals surface area contributed by atoms with Gasteiger partial charge < -0.3 is 10.4 Å². The highest BCUT2D eigenvalue weighted by atomic mass is 32.2. The minimum Gasteiger partial charge on any atom is -0.480 e. The molecule has 0 aromatic heterocycles. The van der Waals surface area contributed by atoms with Gasteiger partial charge in [0, 0.05) is 19.2 Å². The first-order valence-corrected chi connectivity index (χ1v) is 9.36. The maximum atomic E-state index is 12.8. The summed E-state index contributed by atoms with van der Waals surface area (Å²) >= 11 is 0. The van der Waals surface area contributed by atoms with E-state index >= 15 is 0 Å². The quantitative estimate of drug-likeness (QED) is 0.733. The lowest BCUT2D eigenvalue weighted by molar-refractivity contribution is -0.137. The number of carboxylic acids is 1. The number of carbonyl (C=O) groups is 2. The Bertz CT molecular complexity index is 864. The highest BCUT2D eigenvalue weighted by molar-refractivity contribution is 7.89. The monoisotopic (exact) mass is 376 g/mol. The molecule has 0 saturated carbocycles. The second-order valence-electron chi connectivity index (χ2n) is 5.67. The summed E-state index contributed by atoms with van der Waals surface area (Å²) in [4.78, 5) is 22.1. The molecule has 0 spiro atoms. The van der Waals surface area contributed by atoms with Crippen LogP contribution < -0.4 is 5.32 Å². The molecule has 0 saturated heterocycles. The standard InChI is InChI=1S/C18H20N2O5S/c1-14(21)19-16-7-9-17(10-8-16)26(24,25)20(13-18(22)23)12-11-15-5-3-2-4-6-15/h2-10H,11-13H2,1H3,(H,19,21)(H,22,23). The van der Waals surface area contributed by atoms with E-state index in [-0.39, 0.29) is 17.3 Å². The van der Waals surface area contributed by atoms with E-state index in [1.54, 1.807) is 0 Å². The molecule has 2 aromatic carbocycles. The zero-order chi connectivity index (χ0) is 19.2. The molecule has 0 unspecified atom stereocenters. The van der Waals surface area contributed by atoms with Crippen molar-refractivity contribution in [3.63, 3.8) is 0 Å². The number of benzene rings is 2. The molecule has 0 bridgehead atoms. The topological polar surface area (TPSA) is 104 Å². The number of hydrogen-bond acceptors (Lipinski definition) is 4. The van der Waals surface area contributed by atoms with E-state index in [1.165, 1.54) is 31.2 Å². The summed E-state index contributed by atoms with van der Waals surface area (Å²) in [6.07, 6.45) is 0.400. The van der Waals surface area contributed by atoms with E-state index in [2.05, 4.69) is 5.32 Å². The Morgan fingerprint density at radius 2 is 1.65 bits per heavy atom. The molecule has 0 heterocycles. The van der Waals surface area contributed by atoms with Gasteiger partial charge in [-0.2, -0.15) is 4.31 Å². The summed E-state index contributed by atoms with van der Waals surface area (Å²) in [6, 6.07) is 14.9. The van der Waals surface area contributed by atoms with Gasteiger partial charge in [-0.25, -0.2) is 8.42 Å². The lowest BCUT2D eigenvalue weighted by Gasteiger charge is -2.20. The first kappa shape index (κ1) is 19.6. The fraction of sp³-hybridized carbons (Fsp3) is 0.222. The van der Waals surface area contributed by atoms with Gasteiger partial charge in [0.05, 0.1) is 4.90 Å². The van der Waals surface area contributed by atoms with Crippen molar-refractivity contribution in [2.24, 2.45) is 0 Å². The Morgan fingerprint density at radius 1 is 1.04 bits per heavy atom. The van der Waals surface area contributed by atoms with E-state index < -0.39 is 22.5 Å². The Balaban J connectivity index is 2.21. The summed E-state index contributed by atoms with van der Waals surface area (Å²) in [5.41, 5.74) is 1.38. The summed E-state index contributed by atoms with van der Waals surface area (Å²) in [5, 5.41) is 11.6. The SMILES string of the molecule is CC(=O)Nc1ccc(S(=O)(=O)N(CCc2ccccc2)CC(=O)O)cc1. The molecule has 2 rings (SSSR count). The number of nitrogens with zero attached hydrogens (tertiary/aromatic N) is 1. The first-order valence-electron chi connectivity index (χ1n) is 7.92. The molecule has 2 N–H and O–H groups in total. The predicted molar refractivity (Wildman–Crippen MR) is 97.3 cm³/mol. The van der Waals surface area contributed by atoms with E-state index in [9.17, 15) is 18.0 Å². The third-order valence-corrected chi connectivity index (χ3v) is 5.48. The number of anilines is 1. The smallest absolute Gasteiger partial charge is 0.318 e. The van der Waals surface area contributed by atoms with Crippen LogP contribution in [0.4, 0.5) is 5.69 Å². The number of rotatable bonds is 8. The second-order valence-corrected chi connectivity index (χ2v) is 7.61. The van der Waals surface area contributed by atoms with Gasteiger partial charge in [-0.3, -0.25) is 9.59 Å². The molecule has 26 heavy (non-hydrogen) atoms. The van der Waals surface area contributed by atoms with E-state index in [1.807, 2.05) is 30.3 Å². The van der Waals surface area contributed by atoms with Crippen LogP contribution in [0.25, 0.3) is 0 Å². The molecule has 1 amide bonds. The van der Waals surface area contributed by atoms with Crippen molar-refractivity contribution in [1.29, 1.82) is 0 Å². The van der Waals surface area contributed by atoms with Crippen LogP contribution in [0.15, 0.2) is 59.5 Å². The molecule has 0 aliphatic carbocycles. The van der Waals surface area contributed by atoms with E-state index in [0.29, 0.717) is 12.1 Å². The number of carboxylic acid groups (broad SMARTS) is 1. The van der Waals surface area contributed by atoms with E-state index in [4.69, 9.17) is 5.11 Å². The van der Waals surface area contributed by atoms with Crippen LogP contribution >= 0.6 is 0 Å². The molecule has 7 nitrogen and oxygen atoms in total. The Hall–Kier alpha value is -2.71. The van der Waals surface area contributed by atoms with Crippen molar-refractivity contribution in [3.05, 3.63) is 60.2 Å². The minimum atomic E-state index is -3.97. The van der Waals surface area contributed by atoms with Crippen LogP contribution in [0, 0.1) is 0 Å². The van der Waals surface area contributed by atoms with Crippen LogP contribution in [-0.4, -0.2) is 42.8 Å². The van der Waals surface area contributed by atoms with Gasteiger partial charge in [-0.15, -0.1) is 0 Å². The molecule has 0 radical (unpaired) electrons.